The number of carbonyl (C=O) groups excluding carboxylic acids is 1. The van der Waals surface area contributed by atoms with Crippen LogP contribution in [0.3, 0.4) is 0 Å². The molecule has 2 aromatic carbocycles. The van der Waals surface area contributed by atoms with Crippen molar-refractivity contribution >= 4 is 34.2 Å². The summed E-state index contributed by atoms with van der Waals surface area (Å²) >= 11 is 0. The molecule has 1 aliphatic rings. The first-order valence-electron chi connectivity index (χ1n) is 7.18. The summed E-state index contributed by atoms with van der Waals surface area (Å²) in [5, 5.41) is 22.5. The van der Waals surface area contributed by atoms with Crippen molar-refractivity contribution in [3.8, 4) is 11.5 Å². The minimum atomic E-state index is -0.0989. The van der Waals surface area contributed by atoms with Crippen molar-refractivity contribution in [3.63, 3.8) is 0 Å². The van der Waals surface area contributed by atoms with Crippen LogP contribution in [0.15, 0.2) is 65.7 Å². The van der Waals surface area contributed by atoms with E-state index >= 15 is 0 Å². The number of nitrogens with one attached hydrogen (secondary N) is 1. The first-order valence-corrected chi connectivity index (χ1v) is 7.18. The molecule has 2 aromatic rings. The molecular formula is C18H15N3O3. The van der Waals surface area contributed by atoms with Crippen molar-refractivity contribution in [1.29, 1.82) is 0 Å². The standard InChI is InChI=1S/C18H15N3O3/c19-15-9-17(21-12-3-7-14(23)8-4-12)18(24)10-16(15)20-11-1-5-13(22)6-2-11/h1-10,21,23-24H,19H2. The Balaban J connectivity index is 1.87. The molecule has 0 spiro atoms. The lowest BCUT2D eigenvalue weighted by molar-refractivity contribution is -0.110. The second-order valence-corrected chi connectivity index (χ2v) is 5.21. The van der Waals surface area contributed by atoms with E-state index in [4.69, 9.17) is 5.73 Å². The smallest absolute Gasteiger partial charge is 0.178 e. The summed E-state index contributed by atoms with van der Waals surface area (Å²) in [6, 6.07) is 9.44. The van der Waals surface area contributed by atoms with Crippen LogP contribution in [0, 0.1) is 0 Å². The van der Waals surface area contributed by atoms with Crippen molar-refractivity contribution in [2.45, 2.75) is 0 Å². The van der Waals surface area contributed by atoms with Gasteiger partial charge in [-0.1, -0.05) is 0 Å². The molecule has 5 N–H and O–H groups in total. The monoisotopic (exact) mass is 321 g/mol. The summed E-state index contributed by atoms with van der Waals surface area (Å²) in [4.78, 5) is 15.4. The zero-order valence-electron chi connectivity index (χ0n) is 12.6. The Morgan fingerprint density at radius 2 is 1.62 bits per heavy atom. The van der Waals surface area contributed by atoms with Crippen LogP contribution in [-0.2, 0) is 4.79 Å². The van der Waals surface area contributed by atoms with E-state index in [2.05, 4.69) is 10.3 Å². The third-order valence-corrected chi connectivity index (χ3v) is 3.38. The lowest BCUT2D eigenvalue weighted by Gasteiger charge is -2.11. The molecule has 0 aromatic heterocycles. The van der Waals surface area contributed by atoms with E-state index in [-0.39, 0.29) is 17.3 Å². The van der Waals surface area contributed by atoms with E-state index in [0.717, 1.165) is 0 Å². The second kappa shape index (κ2) is 6.29. The molecule has 0 saturated carbocycles. The number of hydrogen-bond acceptors (Lipinski definition) is 6. The van der Waals surface area contributed by atoms with Crippen LogP contribution in [-0.4, -0.2) is 21.7 Å². The Bertz CT molecular complexity index is 863. The lowest BCUT2D eigenvalue weighted by Crippen LogP contribution is -1.99. The quantitative estimate of drug-likeness (QED) is 0.300. The maximum Gasteiger partial charge on any atom is 0.178 e. The molecule has 0 amide bonds. The van der Waals surface area contributed by atoms with E-state index in [1.807, 2.05) is 0 Å². The van der Waals surface area contributed by atoms with E-state index in [0.29, 0.717) is 28.5 Å². The molecule has 0 saturated heterocycles. The van der Waals surface area contributed by atoms with Crippen molar-refractivity contribution in [2.24, 2.45) is 4.99 Å². The molecule has 120 valence electrons. The molecule has 6 nitrogen and oxygen atoms in total. The third kappa shape index (κ3) is 3.44. The van der Waals surface area contributed by atoms with Crippen LogP contribution in [0.25, 0.3) is 0 Å². The van der Waals surface area contributed by atoms with Crippen LogP contribution in [0.1, 0.15) is 0 Å². The maximum atomic E-state index is 11.1. The highest BCUT2D eigenvalue weighted by atomic mass is 16.3. The van der Waals surface area contributed by atoms with Crippen LogP contribution in [0.4, 0.5) is 22.7 Å². The number of anilines is 3. The Kier molecular flexibility index (Phi) is 4.03. The molecule has 6 heteroatoms. The van der Waals surface area contributed by atoms with Gasteiger partial charge in [-0.25, -0.2) is 4.99 Å². The van der Waals surface area contributed by atoms with Crippen LogP contribution in [0.2, 0.25) is 0 Å². The van der Waals surface area contributed by atoms with Gasteiger partial charge < -0.3 is 21.3 Å². The number of aliphatic imine (C=N–C) groups is 1. The average Bonchev–Trinajstić information content (AvgIpc) is 2.56. The number of phenols is 2. The number of rotatable bonds is 3. The number of allylic oxidation sites excluding steroid dienone is 4. The highest BCUT2D eigenvalue weighted by molar-refractivity contribution is 6.17. The topological polar surface area (TPSA) is 108 Å². The van der Waals surface area contributed by atoms with E-state index in [9.17, 15) is 15.0 Å². The molecule has 0 unspecified atom stereocenters. The van der Waals surface area contributed by atoms with Gasteiger partial charge >= 0.3 is 0 Å². The summed E-state index contributed by atoms with van der Waals surface area (Å²) < 4.78 is 0. The zero-order chi connectivity index (χ0) is 17.1. The SMILES string of the molecule is Nc1cc(Nc2ccc(O)cc2)c(O)cc1N=C1C=CC(=O)C=C1. The van der Waals surface area contributed by atoms with Gasteiger partial charge in [-0.05, 0) is 54.6 Å². The van der Waals surface area contributed by atoms with Gasteiger partial charge in [0, 0.05) is 11.8 Å². The molecular weight excluding hydrogens is 306 g/mol. The van der Waals surface area contributed by atoms with Crippen molar-refractivity contribution in [1.82, 2.24) is 0 Å². The number of nitrogens with two attached hydrogens (primary N) is 1. The van der Waals surface area contributed by atoms with Crippen LogP contribution >= 0.6 is 0 Å². The summed E-state index contributed by atoms with van der Waals surface area (Å²) in [5.74, 6) is 0.0391. The van der Waals surface area contributed by atoms with E-state index < -0.39 is 0 Å². The summed E-state index contributed by atoms with van der Waals surface area (Å²) in [6.07, 6.45) is 5.99. The fourth-order valence-corrected chi connectivity index (χ4v) is 2.15. The Morgan fingerprint density at radius 1 is 0.958 bits per heavy atom. The van der Waals surface area contributed by atoms with Gasteiger partial charge in [0.1, 0.15) is 11.5 Å². The number of nitrogen functional groups attached to an aromatic ring is 1. The van der Waals surface area contributed by atoms with Crippen molar-refractivity contribution < 1.29 is 15.0 Å². The van der Waals surface area contributed by atoms with Gasteiger partial charge in [-0.3, -0.25) is 4.79 Å². The second-order valence-electron chi connectivity index (χ2n) is 5.21. The summed E-state index contributed by atoms with van der Waals surface area (Å²) in [7, 11) is 0. The largest absolute Gasteiger partial charge is 0.508 e. The molecule has 1 aliphatic carbocycles. The van der Waals surface area contributed by atoms with Crippen LogP contribution < -0.4 is 11.1 Å². The van der Waals surface area contributed by atoms with Gasteiger partial charge in [0.05, 0.1) is 22.8 Å². The first-order chi connectivity index (χ1) is 11.5. The molecule has 24 heavy (non-hydrogen) atoms. The zero-order valence-corrected chi connectivity index (χ0v) is 12.6. The van der Waals surface area contributed by atoms with Crippen molar-refractivity contribution in [2.75, 3.05) is 11.1 Å². The van der Waals surface area contributed by atoms with Gasteiger partial charge in [0.2, 0.25) is 0 Å². The molecule has 0 aliphatic heterocycles. The number of nitrogens with zero attached hydrogens (tertiary/aromatic N) is 1. The van der Waals surface area contributed by atoms with Gasteiger partial charge in [0.25, 0.3) is 0 Å². The number of ketones is 1. The first kappa shape index (κ1) is 15.4. The average molecular weight is 321 g/mol. The van der Waals surface area contributed by atoms with E-state index in [1.54, 1.807) is 30.4 Å². The molecule has 0 radical (unpaired) electrons. The predicted molar refractivity (Wildman–Crippen MR) is 94.3 cm³/mol. The number of phenolic OH excluding ortho intramolecular Hbond substituents is 2. The highest BCUT2D eigenvalue weighted by Crippen LogP contribution is 2.36. The fourth-order valence-electron chi connectivity index (χ4n) is 2.15. The van der Waals surface area contributed by atoms with Crippen molar-refractivity contribution in [3.05, 3.63) is 60.7 Å². The lowest BCUT2D eigenvalue weighted by atomic mass is 10.1. The third-order valence-electron chi connectivity index (χ3n) is 3.38. The highest BCUT2D eigenvalue weighted by Gasteiger charge is 2.09. The predicted octanol–water partition coefficient (Wildman–Crippen LogP) is 3.19. The molecule has 3 rings (SSSR count). The number of carbonyl (C=O) groups is 1. The summed E-state index contributed by atoms with van der Waals surface area (Å²) in [6.45, 7) is 0. The van der Waals surface area contributed by atoms with Gasteiger partial charge in [0.15, 0.2) is 5.78 Å². The Labute approximate surface area is 138 Å². The normalized spacial score (nSPS) is 13.2. The minimum Gasteiger partial charge on any atom is -0.508 e. The molecule has 0 fully saturated rings. The Hall–Kier alpha value is -3.54. The minimum absolute atomic E-state index is 0.0172. The molecule has 0 heterocycles. The molecule has 0 atom stereocenters. The van der Waals surface area contributed by atoms with Crippen LogP contribution in [0.5, 0.6) is 11.5 Å². The van der Waals surface area contributed by atoms with E-state index in [1.165, 1.54) is 30.4 Å². The number of aromatic hydroxyl groups is 2. The van der Waals surface area contributed by atoms with Gasteiger partial charge in [-0.2, -0.15) is 0 Å². The number of benzene rings is 2. The number of hydrogen-bond donors (Lipinski definition) is 4. The summed E-state index contributed by atoms with van der Waals surface area (Å²) in [5.41, 5.74) is 8.46. The van der Waals surface area contributed by atoms with Gasteiger partial charge in [-0.15, -0.1) is 0 Å². The fraction of sp³-hybridized carbons (Fsp3) is 0. The molecule has 0 bridgehead atoms. The Morgan fingerprint density at radius 3 is 2.29 bits per heavy atom. The maximum absolute atomic E-state index is 11.1.